The summed E-state index contributed by atoms with van der Waals surface area (Å²) in [6.07, 6.45) is 2.30. The predicted octanol–water partition coefficient (Wildman–Crippen LogP) is 3.44. The number of fused-ring (bicyclic) bond motifs is 1. The van der Waals surface area contributed by atoms with E-state index in [4.69, 9.17) is 0 Å². The van der Waals surface area contributed by atoms with E-state index in [0.717, 1.165) is 50.8 Å². The number of nitrogens with zero attached hydrogens (tertiary/aromatic N) is 2. The van der Waals surface area contributed by atoms with Crippen LogP contribution in [-0.2, 0) is 19.1 Å². The number of halogens is 3. The van der Waals surface area contributed by atoms with Crippen LogP contribution in [0.25, 0.3) is 0 Å². The van der Waals surface area contributed by atoms with Crippen LogP contribution in [0.3, 0.4) is 0 Å². The van der Waals surface area contributed by atoms with Crippen LogP contribution in [0.15, 0.2) is 0 Å². The lowest BCUT2D eigenvalue weighted by Crippen LogP contribution is -2.26. The summed E-state index contributed by atoms with van der Waals surface area (Å²) in [5, 5.41) is 3.11. The summed E-state index contributed by atoms with van der Waals surface area (Å²) < 4.78 is 41.4. The van der Waals surface area contributed by atoms with Gasteiger partial charge in [-0.1, -0.05) is 25.7 Å². The molecule has 1 aromatic rings. The van der Waals surface area contributed by atoms with Crippen molar-refractivity contribution < 1.29 is 13.2 Å². The molecule has 3 nitrogen and oxygen atoms in total. The van der Waals surface area contributed by atoms with E-state index in [1.54, 1.807) is 0 Å². The average Bonchev–Trinajstić information content (AvgIpc) is 2.60. The van der Waals surface area contributed by atoms with Crippen molar-refractivity contribution in [2.24, 2.45) is 0 Å². The topological polar surface area (TPSA) is 29.9 Å². The Morgan fingerprint density at radius 3 is 2.45 bits per heavy atom. The fourth-order valence-electron chi connectivity index (χ4n) is 3.44. The molecule has 0 radical (unpaired) electrons. The molecule has 0 bridgehead atoms. The summed E-state index contributed by atoms with van der Waals surface area (Å²) in [7, 11) is 0. The molecule has 1 saturated carbocycles. The van der Waals surface area contributed by atoms with Crippen molar-refractivity contribution in [2.45, 2.75) is 63.7 Å². The van der Waals surface area contributed by atoms with E-state index in [9.17, 15) is 13.2 Å². The molecule has 1 aliphatic carbocycles. The highest BCUT2D eigenvalue weighted by Crippen LogP contribution is 2.37. The Kier molecular flexibility index (Phi) is 3.75. The molecule has 0 saturated heterocycles. The number of hydrogen-bond donors (Lipinski definition) is 1. The molecular weight excluding hydrogens is 267 g/mol. The predicted molar refractivity (Wildman–Crippen MR) is 69.4 cm³/mol. The van der Waals surface area contributed by atoms with Gasteiger partial charge >= 0.3 is 6.18 Å². The number of rotatable bonds is 1. The van der Waals surface area contributed by atoms with Crippen molar-refractivity contribution in [3.8, 4) is 0 Å². The molecule has 0 spiro atoms. The van der Waals surface area contributed by atoms with Crippen molar-refractivity contribution in [3.63, 3.8) is 0 Å². The maximum Gasteiger partial charge on any atom is 0.449 e. The number of hydrogen-bond acceptors (Lipinski definition) is 2. The van der Waals surface area contributed by atoms with Gasteiger partial charge in [0, 0.05) is 31.2 Å². The Hall–Kier alpha value is -1.04. The highest BCUT2D eigenvalue weighted by atomic mass is 19.4. The molecule has 20 heavy (non-hydrogen) atoms. The molecule has 112 valence electrons. The van der Waals surface area contributed by atoms with Gasteiger partial charge < -0.3 is 9.88 Å². The second-order valence-electron chi connectivity index (χ2n) is 5.77. The summed E-state index contributed by atoms with van der Waals surface area (Å²) in [5.41, 5.74) is 1.40. The summed E-state index contributed by atoms with van der Waals surface area (Å²) in [5.74, 6) is -0.682. The second-order valence-corrected chi connectivity index (χ2v) is 5.77. The van der Waals surface area contributed by atoms with Crippen molar-refractivity contribution >= 4 is 0 Å². The second kappa shape index (κ2) is 5.39. The maximum atomic E-state index is 13.3. The summed E-state index contributed by atoms with van der Waals surface area (Å²) >= 11 is 0. The number of imidazole rings is 1. The van der Waals surface area contributed by atoms with Gasteiger partial charge in [0.25, 0.3) is 0 Å². The molecule has 1 aromatic heterocycles. The van der Waals surface area contributed by atoms with Crippen LogP contribution >= 0.6 is 0 Å². The Balaban J connectivity index is 2.03. The number of nitrogens with one attached hydrogen (secondary N) is 1. The van der Waals surface area contributed by atoms with Crippen LogP contribution in [0, 0.1) is 0 Å². The minimum atomic E-state index is -4.36. The Labute approximate surface area is 116 Å². The summed E-state index contributed by atoms with van der Waals surface area (Å²) in [6, 6.07) is -0.0246. The Bertz CT molecular complexity index is 471. The molecule has 1 fully saturated rings. The fourth-order valence-corrected chi connectivity index (χ4v) is 3.44. The molecule has 0 amide bonds. The number of alkyl halides is 3. The highest BCUT2D eigenvalue weighted by Gasteiger charge is 2.40. The monoisotopic (exact) mass is 287 g/mol. The van der Waals surface area contributed by atoms with Crippen LogP contribution in [0.2, 0.25) is 0 Å². The largest absolute Gasteiger partial charge is 0.449 e. The molecule has 0 atom stereocenters. The van der Waals surface area contributed by atoms with E-state index in [2.05, 4.69) is 10.3 Å². The van der Waals surface area contributed by atoms with E-state index >= 15 is 0 Å². The van der Waals surface area contributed by atoms with Gasteiger partial charge in [-0.3, -0.25) is 0 Å². The van der Waals surface area contributed by atoms with E-state index in [0.29, 0.717) is 18.7 Å². The van der Waals surface area contributed by atoms with Crippen LogP contribution in [0.1, 0.15) is 61.8 Å². The first-order valence-corrected chi connectivity index (χ1v) is 7.45. The maximum absolute atomic E-state index is 13.3. The Morgan fingerprint density at radius 2 is 1.80 bits per heavy atom. The zero-order valence-corrected chi connectivity index (χ0v) is 11.5. The smallest absolute Gasteiger partial charge is 0.321 e. The van der Waals surface area contributed by atoms with Crippen LogP contribution in [0.4, 0.5) is 13.2 Å². The molecule has 1 aliphatic heterocycles. The first-order chi connectivity index (χ1) is 9.57. The van der Waals surface area contributed by atoms with Gasteiger partial charge in [0.15, 0.2) is 0 Å². The normalized spacial score (nSPS) is 21.6. The molecule has 3 rings (SSSR count). The van der Waals surface area contributed by atoms with Crippen LogP contribution in [0.5, 0.6) is 0 Å². The third kappa shape index (κ3) is 2.57. The molecule has 0 aromatic carbocycles. The lowest BCUT2D eigenvalue weighted by molar-refractivity contribution is -0.148. The van der Waals surface area contributed by atoms with Gasteiger partial charge in [0.1, 0.15) is 0 Å². The molecule has 6 heteroatoms. The minimum Gasteiger partial charge on any atom is -0.321 e. The molecule has 1 N–H and O–H groups in total. The van der Waals surface area contributed by atoms with Crippen molar-refractivity contribution in [1.29, 1.82) is 0 Å². The first-order valence-electron chi connectivity index (χ1n) is 7.45. The van der Waals surface area contributed by atoms with E-state index in [1.165, 1.54) is 4.57 Å². The average molecular weight is 287 g/mol. The fraction of sp³-hybridized carbons (Fsp3) is 0.786. The van der Waals surface area contributed by atoms with E-state index in [-0.39, 0.29) is 6.04 Å². The van der Waals surface area contributed by atoms with Crippen LogP contribution in [-0.4, -0.2) is 16.1 Å². The Morgan fingerprint density at radius 1 is 1.10 bits per heavy atom. The van der Waals surface area contributed by atoms with Gasteiger partial charge in [-0.05, 0) is 12.8 Å². The van der Waals surface area contributed by atoms with Crippen molar-refractivity contribution in [2.75, 3.05) is 6.54 Å². The summed E-state index contributed by atoms with van der Waals surface area (Å²) in [4.78, 5) is 3.90. The van der Waals surface area contributed by atoms with E-state index < -0.39 is 12.0 Å². The third-order valence-electron chi connectivity index (χ3n) is 4.37. The zero-order chi connectivity index (χ0) is 14.2. The highest BCUT2D eigenvalue weighted by molar-refractivity contribution is 5.22. The van der Waals surface area contributed by atoms with Crippen molar-refractivity contribution in [3.05, 3.63) is 17.2 Å². The molecular formula is C14H20F3N3. The zero-order valence-electron chi connectivity index (χ0n) is 11.5. The standard InChI is InChI=1S/C14H20F3N3/c15-14(16,17)13-19-11-9-18-8-7-12(11)20(13)10-5-3-1-2-4-6-10/h10,18H,1-9H2. The van der Waals surface area contributed by atoms with Gasteiger partial charge in [-0.15, -0.1) is 0 Å². The molecule has 2 aliphatic rings. The third-order valence-corrected chi connectivity index (χ3v) is 4.37. The lowest BCUT2D eigenvalue weighted by atomic mass is 10.1. The summed E-state index contributed by atoms with van der Waals surface area (Å²) in [6.45, 7) is 1.20. The van der Waals surface area contributed by atoms with Crippen molar-refractivity contribution in [1.82, 2.24) is 14.9 Å². The lowest BCUT2D eigenvalue weighted by Gasteiger charge is -2.24. The minimum absolute atomic E-state index is 0.0246. The number of aromatic nitrogens is 2. The molecule has 2 heterocycles. The van der Waals surface area contributed by atoms with Gasteiger partial charge in [-0.25, -0.2) is 4.98 Å². The van der Waals surface area contributed by atoms with Gasteiger partial charge in [0.2, 0.25) is 5.82 Å². The van der Waals surface area contributed by atoms with Gasteiger partial charge in [0.05, 0.1) is 5.69 Å². The van der Waals surface area contributed by atoms with E-state index in [1.807, 2.05) is 0 Å². The SMILES string of the molecule is FC(F)(F)c1nc2c(n1C1CCCCCC1)CCNC2. The van der Waals surface area contributed by atoms with Gasteiger partial charge in [-0.2, -0.15) is 13.2 Å². The molecule has 0 unspecified atom stereocenters. The van der Waals surface area contributed by atoms with Crippen LogP contribution < -0.4 is 5.32 Å². The first kappa shape index (κ1) is 13.9. The quantitative estimate of drug-likeness (QED) is 0.802.